The molecule has 1 N–H and O–H groups in total. The van der Waals surface area contributed by atoms with Gasteiger partial charge < -0.3 is 5.32 Å². The van der Waals surface area contributed by atoms with E-state index >= 15 is 0 Å². The van der Waals surface area contributed by atoms with E-state index in [1.807, 2.05) is 0 Å². The molecule has 6 heteroatoms. The van der Waals surface area contributed by atoms with Gasteiger partial charge in [0.05, 0.1) is 9.90 Å². The van der Waals surface area contributed by atoms with Crippen LogP contribution in [-0.2, 0) is 6.54 Å². The molecular weight excluding hydrogens is 308 g/mol. The van der Waals surface area contributed by atoms with Crippen LogP contribution in [0.1, 0.15) is 21.5 Å². The number of carbonyl (C=O) groups excluding carboxylic acids is 1. The van der Waals surface area contributed by atoms with Gasteiger partial charge in [-0.15, -0.1) is 11.3 Å². The summed E-state index contributed by atoms with van der Waals surface area (Å²) in [5.74, 6) is -0.613. The molecule has 2 rings (SSSR count). The van der Waals surface area contributed by atoms with Crippen LogP contribution in [0.15, 0.2) is 24.3 Å². The topological polar surface area (TPSA) is 29.1 Å². The molecule has 0 atom stereocenters. The Morgan fingerprint density at radius 2 is 2.11 bits per heavy atom. The van der Waals surface area contributed by atoms with Crippen molar-refractivity contribution in [3.63, 3.8) is 0 Å². The van der Waals surface area contributed by atoms with Gasteiger partial charge in [0.1, 0.15) is 10.2 Å². The first-order valence-electron chi connectivity index (χ1n) is 5.45. The Labute approximate surface area is 124 Å². The summed E-state index contributed by atoms with van der Waals surface area (Å²) in [5.41, 5.74) is 1.60. The molecule has 2 aromatic rings. The first kappa shape index (κ1) is 14.3. The van der Waals surface area contributed by atoms with Crippen molar-refractivity contribution in [3.05, 3.63) is 55.4 Å². The van der Waals surface area contributed by atoms with Crippen LogP contribution in [0, 0.1) is 12.7 Å². The van der Waals surface area contributed by atoms with Gasteiger partial charge in [-0.2, -0.15) is 0 Å². The number of hydrogen-bond acceptors (Lipinski definition) is 2. The van der Waals surface area contributed by atoms with Crippen molar-refractivity contribution in [1.29, 1.82) is 0 Å². The monoisotopic (exact) mass is 317 g/mol. The zero-order chi connectivity index (χ0) is 14.0. The van der Waals surface area contributed by atoms with Gasteiger partial charge >= 0.3 is 0 Å². The predicted molar refractivity (Wildman–Crippen MR) is 76.6 cm³/mol. The minimum absolute atomic E-state index is 0.236. The smallest absolute Gasteiger partial charge is 0.253 e. The second kappa shape index (κ2) is 5.90. The van der Waals surface area contributed by atoms with Crippen LogP contribution < -0.4 is 5.32 Å². The largest absolute Gasteiger partial charge is 0.348 e. The lowest BCUT2D eigenvalue weighted by molar-refractivity contribution is 0.0951. The standard InChI is InChI=1S/C13H10Cl2FNOS/c1-7-2-3-8(4-10(7)16)6-17-13(18)9-5-11(14)19-12(9)15/h2-5H,6H2,1H3,(H,17,18). The van der Waals surface area contributed by atoms with Crippen LogP contribution in [0.4, 0.5) is 4.39 Å². The van der Waals surface area contributed by atoms with Gasteiger partial charge in [0.2, 0.25) is 0 Å². The average molecular weight is 318 g/mol. The molecule has 100 valence electrons. The first-order chi connectivity index (χ1) is 8.97. The molecule has 0 bridgehead atoms. The van der Waals surface area contributed by atoms with E-state index in [1.54, 1.807) is 19.1 Å². The van der Waals surface area contributed by atoms with Gasteiger partial charge in [-0.1, -0.05) is 35.3 Å². The molecule has 0 spiro atoms. The first-order valence-corrected chi connectivity index (χ1v) is 7.02. The number of carbonyl (C=O) groups is 1. The van der Waals surface area contributed by atoms with E-state index in [9.17, 15) is 9.18 Å². The Morgan fingerprint density at radius 3 is 2.68 bits per heavy atom. The lowest BCUT2D eigenvalue weighted by Gasteiger charge is -2.05. The zero-order valence-electron chi connectivity index (χ0n) is 9.97. The van der Waals surface area contributed by atoms with Crippen molar-refractivity contribution in [2.75, 3.05) is 0 Å². The van der Waals surface area contributed by atoms with Gasteiger partial charge in [0.25, 0.3) is 5.91 Å². The maximum atomic E-state index is 13.3. The van der Waals surface area contributed by atoms with Gasteiger partial charge in [0.15, 0.2) is 0 Å². The van der Waals surface area contributed by atoms with Crippen LogP contribution in [-0.4, -0.2) is 5.91 Å². The fourth-order valence-electron chi connectivity index (χ4n) is 1.52. The van der Waals surface area contributed by atoms with E-state index in [2.05, 4.69) is 5.32 Å². The van der Waals surface area contributed by atoms with Crippen molar-refractivity contribution in [1.82, 2.24) is 5.32 Å². The van der Waals surface area contributed by atoms with E-state index in [0.717, 1.165) is 11.3 Å². The summed E-state index contributed by atoms with van der Waals surface area (Å²) in [6, 6.07) is 6.35. The van der Waals surface area contributed by atoms with Crippen LogP contribution in [0.25, 0.3) is 0 Å². The number of aryl methyl sites for hydroxylation is 1. The fourth-order valence-corrected chi connectivity index (χ4v) is 2.98. The van der Waals surface area contributed by atoms with Crippen molar-refractivity contribution in [2.24, 2.45) is 0 Å². The Hall–Kier alpha value is -1.10. The zero-order valence-corrected chi connectivity index (χ0v) is 12.3. The van der Waals surface area contributed by atoms with Gasteiger partial charge in [0, 0.05) is 6.54 Å². The highest BCUT2D eigenvalue weighted by molar-refractivity contribution is 7.20. The van der Waals surface area contributed by atoms with Gasteiger partial charge in [-0.05, 0) is 30.2 Å². The quantitative estimate of drug-likeness (QED) is 0.891. The molecule has 1 amide bonds. The molecular formula is C13H10Cl2FNOS. The highest BCUT2D eigenvalue weighted by atomic mass is 35.5. The maximum Gasteiger partial charge on any atom is 0.253 e. The van der Waals surface area contributed by atoms with E-state index < -0.39 is 0 Å². The van der Waals surface area contributed by atoms with E-state index in [0.29, 0.717) is 25.4 Å². The maximum absolute atomic E-state index is 13.3. The highest BCUT2D eigenvalue weighted by Gasteiger charge is 2.13. The summed E-state index contributed by atoms with van der Waals surface area (Å²) in [4.78, 5) is 11.9. The number of amides is 1. The molecule has 0 aliphatic heterocycles. The number of hydrogen-bond donors (Lipinski definition) is 1. The lowest BCUT2D eigenvalue weighted by Crippen LogP contribution is -2.22. The third-order valence-electron chi connectivity index (χ3n) is 2.59. The number of rotatable bonds is 3. The SMILES string of the molecule is Cc1ccc(CNC(=O)c2cc(Cl)sc2Cl)cc1F. The second-order valence-electron chi connectivity index (χ2n) is 4.00. The van der Waals surface area contributed by atoms with E-state index in [-0.39, 0.29) is 18.3 Å². The molecule has 0 unspecified atom stereocenters. The Balaban J connectivity index is 2.04. The lowest BCUT2D eigenvalue weighted by atomic mass is 10.1. The molecule has 1 aromatic heterocycles. The number of benzene rings is 1. The summed E-state index contributed by atoms with van der Waals surface area (Å²) in [6.07, 6.45) is 0. The van der Waals surface area contributed by atoms with Crippen LogP contribution in [0.5, 0.6) is 0 Å². The van der Waals surface area contributed by atoms with Crippen molar-refractivity contribution in [3.8, 4) is 0 Å². The molecule has 0 saturated heterocycles. The van der Waals surface area contributed by atoms with Crippen LogP contribution >= 0.6 is 34.5 Å². The van der Waals surface area contributed by atoms with E-state index in [1.165, 1.54) is 12.1 Å². The van der Waals surface area contributed by atoms with E-state index in [4.69, 9.17) is 23.2 Å². The predicted octanol–water partition coefficient (Wildman–Crippen LogP) is 4.43. The summed E-state index contributed by atoms with van der Waals surface area (Å²) in [5, 5.41) is 2.67. The van der Waals surface area contributed by atoms with Gasteiger partial charge in [-0.25, -0.2) is 4.39 Å². The summed E-state index contributed by atoms with van der Waals surface area (Å²) in [7, 11) is 0. The normalized spacial score (nSPS) is 10.5. The van der Waals surface area contributed by atoms with Crippen molar-refractivity contribution in [2.45, 2.75) is 13.5 Å². The molecule has 1 aromatic carbocycles. The number of nitrogens with one attached hydrogen (secondary N) is 1. The third kappa shape index (κ3) is 3.47. The molecule has 0 saturated carbocycles. The van der Waals surface area contributed by atoms with Crippen molar-refractivity contribution >= 4 is 40.4 Å². The second-order valence-corrected chi connectivity index (χ2v) is 6.29. The Kier molecular flexibility index (Phi) is 4.45. The minimum atomic E-state index is -0.325. The molecule has 0 aliphatic rings. The average Bonchev–Trinajstić information content (AvgIpc) is 2.70. The third-order valence-corrected chi connectivity index (χ3v) is 4.08. The Bertz CT molecular complexity index is 627. The fraction of sp³-hybridized carbons (Fsp3) is 0.154. The number of thiophene rings is 1. The summed E-state index contributed by atoms with van der Waals surface area (Å²) < 4.78 is 14.1. The highest BCUT2D eigenvalue weighted by Crippen LogP contribution is 2.30. The molecule has 1 heterocycles. The number of halogens is 3. The van der Waals surface area contributed by atoms with Crippen LogP contribution in [0.3, 0.4) is 0 Å². The molecule has 0 aliphatic carbocycles. The molecule has 2 nitrogen and oxygen atoms in total. The van der Waals surface area contributed by atoms with Crippen molar-refractivity contribution < 1.29 is 9.18 Å². The molecule has 0 fully saturated rings. The van der Waals surface area contributed by atoms with Crippen LogP contribution in [0.2, 0.25) is 8.67 Å². The molecule has 0 radical (unpaired) electrons. The summed E-state index contributed by atoms with van der Waals surface area (Å²) >= 11 is 12.8. The Morgan fingerprint density at radius 1 is 1.37 bits per heavy atom. The summed E-state index contributed by atoms with van der Waals surface area (Å²) in [6.45, 7) is 1.92. The minimum Gasteiger partial charge on any atom is -0.348 e. The molecule has 19 heavy (non-hydrogen) atoms. The van der Waals surface area contributed by atoms with Gasteiger partial charge in [-0.3, -0.25) is 4.79 Å².